The minimum atomic E-state index is -1.58. The molecule has 0 aliphatic rings. The van der Waals surface area contributed by atoms with Gasteiger partial charge in [-0.2, -0.15) is 5.10 Å². The van der Waals surface area contributed by atoms with Gasteiger partial charge in [-0.25, -0.2) is 5.10 Å². The number of aromatic amines is 1. The second-order valence-electron chi connectivity index (χ2n) is 3.68. The maximum Gasteiger partial charge on any atom is 0.263 e. The van der Waals surface area contributed by atoms with Crippen molar-refractivity contribution < 1.29 is 0 Å². The predicted octanol–water partition coefficient (Wildman–Crippen LogP) is 0.968. The van der Waals surface area contributed by atoms with Crippen LogP contribution in [0.5, 0.6) is 0 Å². The number of rotatable bonds is 1. The number of nitrogens with one attached hydrogen (secondary N) is 1. The van der Waals surface area contributed by atoms with Crippen LogP contribution in [0.1, 0.15) is 0 Å². The third kappa shape index (κ3) is 1.95. The van der Waals surface area contributed by atoms with Crippen LogP contribution in [-0.4, -0.2) is 18.3 Å². The smallest absolute Gasteiger partial charge is 0.263 e. The third-order valence-corrected chi connectivity index (χ3v) is 3.76. The zero-order valence-electron chi connectivity index (χ0n) is 7.31. The molecule has 0 fully saturated rings. The van der Waals surface area contributed by atoms with Crippen LogP contribution in [0.25, 0.3) is 0 Å². The quantitative estimate of drug-likeness (QED) is 0.690. The molecule has 0 bridgehead atoms. The molecule has 0 aliphatic heterocycles. The molecule has 0 saturated heterocycles. The summed E-state index contributed by atoms with van der Waals surface area (Å²) in [6.45, 7) is 6.27. The first-order valence-corrected chi connectivity index (χ1v) is 7.55. The molecule has 0 aliphatic carbocycles. The van der Waals surface area contributed by atoms with Crippen molar-refractivity contribution in [2.24, 2.45) is 0 Å². The lowest BCUT2D eigenvalue weighted by atomic mass is 10.6. The highest BCUT2D eigenvalue weighted by atomic mass is 35.5. The van der Waals surface area contributed by atoms with Gasteiger partial charge in [0.1, 0.15) is 5.15 Å². The normalized spacial score (nSPS) is 11.7. The van der Waals surface area contributed by atoms with E-state index in [4.69, 9.17) is 11.6 Å². The van der Waals surface area contributed by atoms with Gasteiger partial charge in [0.15, 0.2) is 0 Å². The van der Waals surface area contributed by atoms with E-state index < -0.39 is 8.07 Å². The van der Waals surface area contributed by atoms with Gasteiger partial charge in [-0.3, -0.25) is 4.79 Å². The molecule has 1 aromatic rings. The van der Waals surface area contributed by atoms with E-state index in [0.29, 0.717) is 5.15 Å². The summed E-state index contributed by atoms with van der Waals surface area (Å²) < 4.78 is 0. The van der Waals surface area contributed by atoms with Gasteiger partial charge in [-0.15, -0.1) is 0 Å². The fourth-order valence-corrected chi connectivity index (χ4v) is 2.49. The molecule has 0 amide bonds. The molecule has 0 spiro atoms. The maximum atomic E-state index is 11.3. The monoisotopic (exact) mass is 202 g/mol. The Hall–Kier alpha value is -0.613. The Morgan fingerprint density at radius 2 is 2.08 bits per heavy atom. The lowest BCUT2D eigenvalue weighted by molar-refractivity contribution is 0.998. The largest absolute Gasteiger partial charge is 0.268 e. The Balaban J connectivity index is 3.33. The van der Waals surface area contributed by atoms with Crippen molar-refractivity contribution in [3.05, 3.63) is 21.6 Å². The van der Waals surface area contributed by atoms with Crippen LogP contribution in [0.3, 0.4) is 0 Å². The van der Waals surface area contributed by atoms with E-state index in [9.17, 15) is 4.79 Å². The first kappa shape index (κ1) is 9.47. The minimum absolute atomic E-state index is 0.112. The summed E-state index contributed by atoms with van der Waals surface area (Å²) in [5, 5.41) is 7.12. The van der Waals surface area contributed by atoms with E-state index >= 15 is 0 Å². The average Bonchev–Trinajstić information content (AvgIpc) is 1.92. The van der Waals surface area contributed by atoms with E-state index in [1.54, 1.807) is 6.07 Å². The summed E-state index contributed by atoms with van der Waals surface area (Å²) in [6.07, 6.45) is 0. The Morgan fingerprint density at radius 3 is 2.50 bits per heavy atom. The van der Waals surface area contributed by atoms with E-state index in [-0.39, 0.29) is 5.56 Å². The lowest BCUT2D eigenvalue weighted by Gasteiger charge is -2.14. The van der Waals surface area contributed by atoms with Gasteiger partial charge >= 0.3 is 0 Å². The summed E-state index contributed by atoms with van der Waals surface area (Å²) >= 11 is 5.66. The molecule has 0 unspecified atom stereocenters. The topological polar surface area (TPSA) is 45.8 Å². The summed E-state index contributed by atoms with van der Waals surface area (Å²) in [5.74, 6) is 0. The van der Waals surface area contributed by atoms with E-state index in [0.717, 1.165) is 5.19 Å². The molecule has 1 N–H and O–H groups in total. The van der Waals surface area contributed by atoms with Crippen LogP contribution < -0.4 is 10.7 Å². The summed E-state index contributed by atoms with van der Waals surface area (Å²) in [5.41, 5.74) is -0.112. The third-order valence-electron chi connectivity index (χ3n) is 1.58. The zero-order valence-corrected chi connectivity index (χ0v) is 9.07. The highest BCUT2D eigenvalue weighted by Gasteiger charge is 2.20. The van der Waals surface area contributed by atoms with Crippen LogP contribution in [0.2, 0.25) is 24.8 Å². The highest BCUT2D eigenvalue weighted by Crippen LogP contribution is 2.02. The van der Waals surface area contributed by atoms with Crippen molar-refractivity contribution in [1.82, 2.24) is 10.2 Å². The molecule has 1 heterocycles. The number of hydrogen-bond donors (Lipinski definition) is 1. The van der Waals surface area contributed by atoms with Crippen molar-refractivity contribution in [3.8, 4) is 0 Å². The van der Waals surface area contributed by atoms with E-state index in [1.807, 2.05) is 0 Å². The Bertz CT molecular complexity index is 342. The van der Waals surface area contributed by atoms with Gasteiger partial charge in [-0.05, 0) is 6.07 Å². The highest BCUT2D eigenvalue weighted by molar-refractivity contribution is 6.88. The molecule has 0 atom stereocenters. The predicted molar refractivity (Wildman–Crippen MR) is 52.8 cm³/mol. The molecule has 12 heavy (non-hydrogen) atoms. The van der Waals surface area contributed by atoms with Crippen LogP contribution in [0.15, 0.2) is 10.9 Å². The van der Waals surface area contributed by atoms with Crippen molar-refractivity contribution in [3.63, 3.8) is 0 Å². The van der Waals surface area contributed by atoms with Crippen LogP contribution >= 0.6 is 11.6 Å². The number of nitrogens with zero attached hydrogens (tertiary/aromatic N) is 1. The molecule has 1 rings (SSSR count). The maximum absolute atomic E-state index is 11.3. The second-order valence-corrected chi connectivity index (χ2v) is 9.11. The molecule has 5 heteroatoms. The molecule has 0 aromatic carbocycles. The zero-order chi connectivity index (χ0) is 9.35. The van der Waals surface area contributed by atoms with Crippen LogP contribution in [0, 0.1) is 0 Å². The fourth-order valence-electron chi connectivity index (χ4n) is 0.938. The van der Waals surface area contributed by atoms with Crippen LogP contribution in [-0.2, 0) is 0 Å². The molecule has 0 saturated carbocycles. The van der Waals surface area contributed by atoms with Gasteiger partial charge in [0, 0.05) is 5.19 Å². The number of hydrogen-bond acceptors (Lipinski definition) is 2. The Labute approximate surface area is 76.8 Å². The van der Waals surface area contributed by atoms with E-state index in [1.165, 1.54) is 0 Å². The van der Waals surface area contributed by atoms with Crippen molar-refractivity contribution in [2.45, 2.75) is 19.6 Å². The lowest BCUT2D eigenvalue weighted by Crippen LogP contribution is -2.48. The van der Waals surface area contributed by atoms with Crippen molar-refractivity contribution in [2.75, 3.05) is 0 Å². The van der Waals surface area contributed by atoms with Crippen molar-refractivity contribution >= 4 is 24.9 Å². The average molecular weight is 203 g/mol. The Kier molecular flexibility index (Phi) is 2.39. The van der Waals surface area contributed by atoms with E-state index in [2.05, 4.69) is 29.8 Å². The van der Waals surface area contributed by atoms with Crippen molar-refractivity contribution in [1.29, 1.82) is 0 Å². The fraction of sp³-hybridized carbons (Fsp3) is 0.429. The standard InChI is InChI=1S/C7H11ClN2OSi/c1-12(2,3)5-4-6(8)9-10-7(5)11/h4H,1-3H3,(H,10,11). The van der Waals surface area contributed by atoms with Gasteiger partial charge in [0.05, 0.1) is 8.07 Å². The summed E-state index contributed by atoms with van der Waals surface area (Å²) in [4.78, 5) is 11.3. The molecular formula is C7H11ClN2OSi. The first-order chi connectivity index (χ1) is 5.41. The number of H-pyrrole nitrogens is 1. The summed E-state index contributed by atoms with van der Waals surface area (Å²) in [6, 6.07) is 1.66. The molecular weight excluding hydrogens is 192 g/mol. The van der Waals surface area contributed by atoms with Gasteiger partial charge in [0.25, 0.3) is 5.56 Å². The molecule has 0 radical (unpaired) electrons. The first-order valence-electron chi connectivity index (χ1n) is 3.67. The van der Waals surface area contributed by atoms with Crippen LogP contribution in [0.4, 0.5) is 0 Å². The van der Waals surface area contributed by atoms with Gasteiger partial charge in [0.2, 0.25) is 0 Å². The molecule has 1 aromatic heterocycles. The SMILES string of the molecule is C[Si](C)(C)c1cc(Cl)n[nH]c1=O. The number of aromatic nitrogens is 2. The molecule has 66 valence electrons. The summed E-state index contributed by atoms with van der Waals surface area (Å²) in [7, 11) is -1.58. The Morgan fingerprint density at radius 1 is 1.50 bits per heavy atom. The minimum Gasteiger partial charge on any atom is -0.268 e. The van der Waals surface area contributed by atoms with Gasteiger partial charge < -0.3 is 0 Å². The van der Waals surface area contributed by atoms with Gasteiger partial charge in [-0.1, -0.05) is 31.2 Å². The number of halogens is 1. The molecule has 3 nitrogen and oxygen atoms in total. The second kappa shape index (κ2) is 3.03.